The van der Waals surface area contributed by atoms with Crippen LogP contribution in [-0.4, -0.2) is 55.6 Å². The van der Waals surface area contributed by atoms with Crippen LogP contribution >= 0.6 is 0 Å². The Bertz CT molecular complexity index is 1360. The third-order valence-electron chi connectivity index (χ3n) is 6.24. The molecule has 3 aromatic carbocycles. The van der Waals surface area contributed by atoms with Crippen molar-refractivity contribution in [3.05, 3.63) is 94.5 Å². The summed E-state index contributed by atoms with van der Waals surface area (Å²) < 4.78 is 27.7. The van der Waals surface area contributed by atoms with Crippen LogP contribution in [0.15, 0.2) is 71.6 Å². The smallest absolute Gasteiger partial charge is 0.255 e. The lowest BCUT2D eigenvalue weighted by Gasteiger charge is -2.34. The third kappa shape index (κ3) is 5.28. The fourth-order valence-corrected chi connectivity index (χ4v) is 5.84. The van der Waals surface area contributed by atoms with E-state index in [-0.39, 0.29) is 24.9 Å². The van der Waals surface area contributed by atoms with Crippen molar-refractivity contribution in [2.75, 3.05) is 31.5 Å². The molecular weight excluding hydrogens is 462 g/mol. The number of piperazine rings is 1. The van der Waals surface area contributed by atoms with E-state index in [0.29, 0.717) is 40.4 Å². The molecule has 0 aliphatic carbocycles. The Labute approximate surface area is 206 Å². The number of rotatable bonds is 5. The maximum atomic E-state index is 13.2. The first-order chi connectivity index (χ1) is 16.7. The van der Waals surface area contributed by atoms with Crippen molar-refractivity contribution in [2.24, 2.45) is 0 Å². The average molecular weight is 492 g/mol. The van der Waals surface area contributed by atoms with Crippen LogP contribution in [0.3, 0.4) is 0 Å². The van der Waals surface area contributed by atoms with Crippen molar-refractivity contribution < 1.29 is 18.0 Å². The van der Waals surface area contributed by atoms with E-state index in [2.05, 4.69) is 5.32 Å². The Morgan fingerprint density at radius 1 is 0.771 bits per heavy atom. The molecule has 0 bridgehead atoms. The highest BCUT2D eigenvalue weighted by atomic mass is 32.2. The first-order valence-corrected chi connectivity index (χ1v) is 12.9. The molecule has 0 radical (unpaired) electrons. The molecule has 35 heavy (non-hydrogen) atoms. The molecule has 7 nitrogen and oxygen atoms in total. The molecule has 2 amide bonds. The number of anilines is 1. The van der Waals surface area contributed by atoms with Gasteiger partial charge in [0.1, 0.15) is 0 Å². The number of carbonyl (C=O) groups excluding carboxylic acids is 2. The quantitative estimate of drug-likeness (QED) is 0.584. The second-order valence-corrected chi connectivity index (χ2v) is 10.7. The highest BCUT2D eigenvalue weighted by molar-refractivity contribution is 7.89. The van der Waals surface area contributed by atoms with E-state index >= 15 is 0 Å². The zero-order valence-electron chi connectivity index (χ0n) is 20.1. The Hall–Kier alpha value is -3.49. The van der Waals surface area contributed by atoms with Crippen molar-refractivity contribution in [1.29, 1.82) is 0 Å². The number of hydrogen-bond acceptors (Lipinski definition) is 4. The molecule has 1 heterocycles. The fourth-order valence-electron chi connectivity index (χ4n) is 4.22. The van der Waals surface area contributed by atoms with Crippen molar-refractivity contribution in [2.45, 2.75) is 25.7 Å². The molecule has 1 aliphatic rings. The van der Waals surface area contributed by atoms with E-state index in [0.717, 1.165) is 11.1 Å². The predicted molar refractivity (Wildman–Crippen MR) is 136 cm³/mol. The van der Waals surface area contributed by atoms with Crippen LogP contribution in [0.5, 0.6) is 0 Å². The summed E-state index contributed by atoms with van der Waals surface area (Å²) in [6.07, 6.45) is 0. The minimum Gasteiger partial charge on any atom is -0.336 e. The lowest BCUT2D eigenvalue weighted by molar-refractivity contribution is 0.0697. The molecule has 4 rings (SSSR count). The number of sulfonamides is 1. The minimum absolute atomic E-state index is 0.191. The summed E-state index contributed by atoms with van der Waals surface area (Å²) in [4.78, 5) is 27.7. The number of aryl methyl sites for hydroxylation is 3. The lowest BCUT2D eigenvalue weighted by atomic mass is 10.1. The first-order valence-electron chi connectivity index (χ1n) is 11.5. The van der Waals surface area contributed by atoms with Gasteiger partial charge in [-0.15, -0.1) is 0 Å². The molecule has 0 saturated carbocycles. The minimum atomic E-state index is -3.63. The summed E-state index contributed by atoms with van der Waals surface area (Å²) in [6, 6.07) is 19.4. The van der Waals surface area contributed by atoms with E-state index in [1.165, 1.54) is 4.31 Å². The molecule has 1 fully saturated rings. The standard InChI is InChI=1S/C27H29N3O4S/c1-19-9-12-25(21(3)17-19)35(33,34)30-15-13-29(14-16-30)27(32)23-11-10-20(2)24(18-23)28-26(31)22-7-5-4-6-8-22/h4-12,17-18H,13-16H2,1-3H3,(H,28,31). The maximum Gasteiger partial charge on any atom is 0.255 e. The van der Waals surface area contributed by atoms with Crippen LogP contribution in [0.1, 0.15) is 37.4 Å². The van der Waals surface area contributed by atoms with Gasteiger partial charge in [-0.25, -0.2) is 8.42 Å². The van der Waals surface area contributed by atoms with E-state index in [1.807, 2.05) is 26.0 Å². The predicted octanol–water partition coefficient (Wildman–Crippen LogP) is 4.01. The van der Waals surface area contributed by atoms with Gasteiger partial charge in [-0.3, -0.25) is 9.59 Å². The fraction of sp³-hybridized carbons (Fsp3) is 0.259. The summed E-state index contributed by atoms with van der Waals surface area (Å²) >= 11 is 0. The lowest BCUT2D eigenvalue weighted by Crippen LogP contribution is -2.50. The Morgan fingerprint density at radius 2 is 1.46 bits per heavy atom. The van der Waals surface area contributed by atoms with E-state index in [1.54, 1.807) is 66.4 Å². The largest absolute Gasteiger partial charge is 0.336 e. The molecule has 0 unspecified atom stereocenters. The highest BCUT2D eigenvalue weighted by Crippen LogP contribution is 2.24. The van der Waals surface area contributed by atoms with Gasteiger partial charge in [0.05, 0.1) is 4.90 Å². The van der Waals surface area contributed by atoms with Crippen LogP contribution in [0.4, 0.5) is 5.69 Å². The molecular formula is C27H29N3O4S. The summed E-state index contributed by atoms with van der Waals surface area (Å²) in [5, 5.41) is 2.88. The number of hydrogen-bond donors (Lipinski definition) is 1. The van der Waals surface area contributed by atoms with Crippen LogP contribution in [0.25, 0.3) is 0 Å². The normalized spacial score (nSPS) is 14.5. The Balaban J connectivity index is 1.45. The van der Waals surface area contributed by atoms with Crippen LogP contribution in [0.2, 0.25) is 0 Å². The van der Waals surface area contributed by atoms with Gasteiger partial charge in [0.15, 0.2) is 0 Å². The number of amides is 2. The monoisotopic (exact) mass is 491 g/mol. The second kappa shape index (κ2) is 10.0. The van der Waals surface area contributed by atoms with E-state index in [9.17, 15) is 18.0 Å². The highest BCUT2D eigenvalue weighted by Gasteiger charge is 2.31. The van der Waals surface area contributed by atoms with Gasteiger partial charge in [-0.05, 0) is 62.2 Å². The van der Waals surface area contributed by atoms with Crippen LogP contribution in [-0.2, 0) is 10.0 Å². The van der Waals surface area contributed by atoms with Crippen LogP contribution in [0, 0.1) is 20.8 Å². The van der Waals surface area contributed by atoms with Crippen LogP contribution < -0.4 is 5.32 Å². The topological polar surface area (TPSA) is 86.8 Å². The van der Waals surface area contributed by atoms with Gasteiger partial charge in [0.2, 0.25) is 10.0 Å². The SMILES string of the molecule is Cc1ccc(S(=O)(=O)N2CCN(C(=O)c3ccc(C)c(NC(=O)c4ccccc4)c3)CC2)c(C)c1. The molecule has 0 spiro atoms. The molecule has 0 aromatic heterocycles. The van der Waals surface area contributed by atoms with Gasteiger partial charge >= 0.3 is 0 Å². The summed E-state index contributed by atoms with van der Waals surface area (Å²) in [6.45, 7) is 6.63. The third-order valence-corrected chi connectivity index (χ3v) is 8.30. The average Bonchev–Trinajstić information content (AvgIpc) is 2.85. The van der Waals surface area contributed by atoms with Gasteiger partial charge in [-0.2, -0.15) is 4.31 Å². The number of carbonyl (C=O) groups is 2. The van der Waals surface area contributed by atoms with Crippen molar-refractivity contribution >= 4 is 27.5 Å². The molecule has 8 heteroatoms. The number of benzene rings is 3. The summed E-state index contributed by atoms with van der Waals surface area (Å²) in [5.41, 5.74) is 4.12. The summed E-state index contributed by atoms with van der Waals surface area (Å²) in [7, 11) is -3.63. The summed E-state index contributed by atoms with van der Waals surface area (Å²) in [5.74, 6) is -0.438. The van der Waals surface area contributed by atoms with Crippen molar-refractivity contribution in [3.8, 4) is 0 Å². The van der Waals surface area contributed by atoms with Gasteiger partial charge in [0, 0.05) is 43.0 Å². The molecule has 182 valence electrons. The molecule has 1 aliphatic heterocycles. The van der Waals surface area contributed by atoms with E-state index < -0.39 is 10.0 Å². The molecule has 1 saturated heterocycles. The first kappa shape index (κ1) is 24.6. The molecule has 1 N–H and O–H groups in total. The van der Waals surface area contributed by atoms with Gasteiger partial charge in [0.25, 0.3) is 11.8 Å². The van der Waals surface area contributed by atoms with Crippen molar-refractivity contribution in [1.82, 2.24) is 9.21 Å². The number of nitrogens with zero attached hydrogens (tertiary/aromatic N) is 2. The Morgan fingerprint density at radius 3 is 2.11 bits per heavy atom. The molecule has 3 aromatic rings. The zero-order valence-corrected chi connectivity index (χ0v) is 20.9. The van der Waals surface area contributed by atoms with E-state index in [4.69, 9.17) is 0 Å². The van der Waals surface area contributed by atoms with Gasteiger partial charge < -0.3 is 10.2 Å². The molecule has 0 atom stereocenters. The Kier molecular flexibility index (Phi) is 7.05. The number of nitrogens with one attached hydrogen (secondary N) is 1. The van der Waals surface area contributed by atoms with Crippen molar-refractivity contribution in [3.63, 3.8) is 0 Å². The maximum absolute atomic E-state index is 13.2. The second-order valence-electron chi connectivity index (χ2n) is 8.82. The zero-order chi connectivity index (χ0) is 25.2. The van der Waals surface area contributed by atoms with Gasteiger partial charge in [-0.1, -0.05) is 42.0 Å².